The number of aromatic nitrogens is 1. The average Bonchev–Trinajstić information content (AvgIpc) is 2.78. The first-order chi connectivity index (χ1) is 14.6. The highest BCUT2D eigenvalue weighted by Crippen LogP contribution is 2.47. The molecule has 2 aromatic carbocycles. The summed E-state index contributed by atoms with van der Waals surface area (Å²) in [5, 5.41) is 0. The molecule has 1 N–H and O–H groups in total. The number of hydrogen-bond donors (Lipinski definition) is 1. The van der Waals surface area contributed by atoms with E-state index in [0.29, 0.717) is 6.61 Å². The molecule has 1 atom stereocenters. The predicted octanol–water partition coefficient (Wildman–Crippen LogP) is 5.24. The van der Waals surface area contributed by atoms with E-state index in [9.17, 15) is 4.79 Å². The van der Waals surface area contributed by atoms with Crippen molar-refractivity contribution in [2.75, 3.05) is 13.7 Å². The van der Waals surface area contributed by atoms with Crippen LogP contribution in [-0.2, 0) is 0 Å². The van der Waals surface area contributed by atoms with Crippen LogP contribution in [0.5, 0.6) is 17.2 Å². The first-order valence-corrected chi connectivity index (χ1v) is 10.1. The molecular weight excluding hydrogens is 378 g/mol. The molecule has 0 bridgehead atoms. The summed E-state index contributed by atoms with van der Waals surface area (Å²) in [5.41, 5.74) is 4.93. The van der Waals surface area contributed by atoms with Gasteiger partial charge in [-0.2, -0.15) is 0 Å². The second-order valence-electron chi connectivity index (χ2n) is 7.26. The number of methoxy groups -OCH3 is 1. The third-order valence-corrected chi connectivity index (χ3v) is 5.25. The van der Waals surface area contributed by atoms with E-state index in [1.807, 2.05) is 48.5 Å². The summed E-state index contributed by atoms with van der Waals surface area (Å²) in [4.78, 5) is 14.4. The maximum absolute atomic E-state index is 11.6. The Labute approximate surface area is 175 Å². The van der Waals surface area contributed by atoms with Crippen molar-refractivity contribution in [3.05, 3.63) is 87.8 Å². The molecule has 0 aliphatic carbocycles. The SMILES string of the molecule is CCCOc1ccc(C2Oc3cc(OC)ccc3C(C)=C2c2ccc(=O)[nH]c2)cc1. The fraction of sp³-hybridized carbons (Fsp3) is 0.240. The van der Waals surface area contributed by atoms with Gasteiger partial charge in [-0.15, -0.1) is 0 Å². The van der Waals surface area contributed by atoms with Crippen LogP contribution in [0.2, 0.25) is 0 Å². The van der Waals surface area contributed by atoms with E-state index in [0.717, 1.165) is 51.5 Å². The van der Waals surface area contributed by atoms with E-state index in [1.165, 1.54) is 6.07 Å². The highest BCUT2D eigenvalue weighted by molar-refractivity contribution is 5.95. The smallest absolute Gasteiger partial charge is 0.247 e. The van der Waals surface area contributed by atoms with Gasteiger partial charge in [0, 0.05) is 29.5 Å². The van der Waals surface area contributed by atoms with Gasteiger partial charge in [0.05, 0.1) is 13.7 Å². The Kier molecular flexibility index (Phi) is 5.61. The fourth-order valence-corrected chi connectivity index (χ4v) is 3.70. The molecule has 1 aliphatic rings. The topological polar surface area (TPSA) is 60.6 Å². The van der Waals surface area contributed by atoms with Crippen molar-refractivity contribution in [3.63, 3.8) is 0 Å². The van der Waals surface area contributed by atoms with E-state index < -0.39 is 0 Å². The lowest BCUT2D eigenvalue weighted by Crippen LogP contribution is -2.17. The fourth-order valence-electron chi connectivity index (χ4n) is 3.70. The summed E-state index contributed by atoms with van der Waals surface area (Å²) in [7, 11) is 1.64. The summed E-state index contributed by atoms with van der Waals surface area (Å²) in [5.74, 6) is 2.36. The van der Waals surface area contributed by atoms with Gasteiger partial charge in [0.1, 0.15) is 23.4 Å². The van der Waals surface area contributed by atoms with E-state index in [-0.39, 0.29) is 11.7 Å². The molecule has 0 saturated carbocycles. The van der Waals surface area contributed by atoms with Crippen molar-refractivity contribution in [2.45, 2.75) is 26.4 Å². The van der Waals surface area contributed by atoms with E-state index >= 15 is 0 Å². The van der Waals surface area contributed by atoms with Gasteiger partial charge in [0.25, 0.3) is 0 Å². The Morgan fingerprint density at radius 3 is 2.47 bits per heavy atom. The van der Waals surface area contributed by atoms with Crippen LogP contribution in [0, 0.1) is 0 Å². The molecule has 1 aromatic heterocycles. The minimum atomic E-state index is -0.323. The summed E-state index contributed by atoms with van der Waals surface area (Å²) >= 11 is 0. The molecule has 3 aromatic rings. The number of ether oxygens (including phenoxy) is 3. The lowest BCUT2D eigenvalue weighted by Gasteiger charge is -2.31. The Morgan fingerprint density at radius 1 is 1.03 bits per heavy atom. The molecule has 5 nitrogen and oxygen atoms in total. The van der Waals surface area contributed by atoms with Crippen LogP contribution in [-0.4, -0.2) is 18.7 Å². The van der Waals surface area contributed by atoms with Crippen molar-refractivity contribution in [1.29, 1.82) is 0 Å². The monoisotopic (exact) mass is 403 g/mol. The molecule has 1 aliphatic heterocycles. The number of pyridine rings is 1. The van der Waals surface area contributed by atoms with Gasteiger partial charge in [-0.1, -0.05) is 19.1 Å². The molecule has 2 heterocycles. The van der Waals surface area contributed by atoms with Crippen molar-refractivity contribution in [1.82, 2.24) is 4.98 Å². The summed E-state index contributed by atoms with van der Waals surface area (Å²) in [6.45, 7) is 4.86. The molecule has 0 saturated heterocycles. The maximum atomic E-state index is 11.6. The Hall–Kier alpha value is -3.47. The minimum Gasteiger partial charge on any atom is -0.497 e. The van der Waals surface area contributed by atoms with Crippen molar-refractivity contribution >= 4 is 11.1 Å². The molecule has 0 fully saturated rings. The standard InChI is InChI=1S/C25H25NO4/c1-4-13-29-19-8-5-17(6-9-19)25-24(18-7-12-23(27)26-15-18)16(2)21-11-10-20(28-3)14-22(21)30-25/h5-12,14-15,25H,4,13H2,1-3H3,(H,26,27). The zero-order valence-corrected chi connectivity index (χ0v) is 17.4. The van der Waals surface area contributed by atoms with Crippen molar-refractivity contribution < 1.29 is 14.2 Å². The normalized spacial score (nSPS) is 15.4. The molecule has 0 amide bonds. The number of aromatic amines is 1. The Morgan fingerprint density at radius 2 is 1.80 bits per heavy atom. The molecule has 4 rings (SSSR count). The predicted molar refractivity (Wildman–Crippen MR) is 118 cm³/mol. The van der Waals surface area contributed by atoms with Gasteiger partial charge in [-0.05, 0) is 60.4 Å². The molecule has 0 spiro atoms. The van der Waals surface area contributed by atoms with Crippen LogP contribution in [0.3, 0.4) is 0 Å². The summed E-state index contributed by atoms with van der Waals surface area (Å²) in [6, 6.07) is 17.2. The number of allylic oxidation sites excluding steroid dienone is 1. The van der Waals surface area contributed by atoms with Crippen LogP contribution in [0.15, 0.2) is 65.6 Å². The van der Waals surface area contributed by atoms with Gasteiger partial charge in [-0.3, -0.25) is 4.79 Å². The number of hydrogen-bond acceptors (Lipinski definition) is 4. The van der Waals surface area contributed by atoms with Crippen LogP contribution in [0.25, 0.3) is 11.1 Å². The first kappa shape index (κ1) is 19.8. The average molecular weight is 403 g/mol. The molecule has 5 heteroatoms. The third-order valence-electron chi connectivity index (χ3n) is 5.25. The molecule has 0 radical (unpaired) electrons. The summed E-state index contributed by atoms with van der Waals surface area (Å²) < 4.78 is 17.6. The van der Waals surface area contributed by atoms with Crippen LogP contribution in [0.4, 0.5) is 0 Å². The van der Waals surface area contributed by atoms with E-state index in [1.54, 1.807) is 13.3 Å². The molecular formula is C25H25NO4. The van der Waals surface area contributed by atoms with Crippen LogP contribution >= 0.6 is 0 Å². The zero-order chi connectivity index (χ0) is 21.1. The maximum Gasteiger partial charge on any atom is 0.247 e. The molecule has 1 unspecified atom stereocenters. The third kappa shape index (κ3) is 3.83. The Bertz CT molecular complexity index is 1110. The van der Waals surface area contributed by atoms with E-state index in [2.05, 4.69) is 18.8 Å². The second kappa shape index (κ2) is 8.49. The first-order valence-electron chi connectivity index (χ1n) is 10.1. The van der Waals surface area contributed by atoms with Crippen LogP contribution in [0.1, 0.15) is 43.1 Å². The lowest BCUT2D eigenvalue weighted by molar-refractivity contribution is 0.258. The number of fused-ring (bicyclic) bond motifs is 1. The largest absolute Gasteiger partial charge is 0.497 e. The van der Waals surface area contributed by atoms with Crippen LogP contribution < -0.4 is 19.8 Å². The van der Waals surface area contributed by atoms with E-state index in [4.69, 9.17) is 14.2 Å². The number of rotatable bonds is 6. The quantitative estimate of drug-likeness (QED) is 0.612. The second-order valence-corrected chi connectivity index (χ2v) is 7.26. The summed E-state index contributed by atoms with van der Waals surface area (Å²) in [6.07, 6.45) is 2.38. The zero-order valence-electron chi connectivity index (χ0n) is 17.4. The highest BCUT2D eigenvalue weighted by atomic mass is 16.5. The van der Waals surface area contributed by atoms with Crippen molar-refractivity contribution in [2.24, 2.45) is 0 Å². The minimum absolute atomic E-state index is 0.132. The lowest BCUT2D eigenvalue weighted by atomic mass is 9.87. The highest BCUT2D eigenvalue weighted by Gasteiger charge is 2.29. The van der Waals surface area contributed by atoms with Gasteiger partial charge < -0.3 is 19.2 Å². The number of benzene rings is 2. The number of H-pyrrole nitrogens is 1. The van der Waals surface area contributed by atoms with Gasteiger partial charge >= 0.3 is 0 Å². The van der Waals surface area contributed by atoms with Gasteiger partial charge in [0.15, 0.2) is 0 Å². The number of nitrogens with one attached hydrogen (secondary N) is 1. The molecule has 154 valence electrons. The van der Waals surface area contributed by atoms with Gasteiger partial charge in [-0.25, -0.2) is 0 Å². The Balaban J connectivity index is 1.81. The molecule has 30 heavy (non-hydrogen) atoms. The van der Waals surface area contributed by atoms with Crippen molar-refractivity contribution in [3.8, 4) is 17.2 Å². The van der Waals surface area contributed by atoms with Gasteiger partial charge in [0.2, 0.25) is 5.56 Å².